The predicted molar refractivity (Wildman–Crippen MR) is 75.7 cm³/mol. The molecule has 1 aromatic rings. The van der Waals surface area contributed by atoms with E-state index in [0.717, 1.165) is 25.0 Å². The molecule has 0 saturated heterocycles. The van der Waals surface area contributed by atoms with Crippen LogP contribution in [0.3, 0.4) is 0 Å². The van der Waals surface area contributed by atoms with E-state index in [0.29, 0.717) is 12.1 Å². The number of rotatable bonds is 6. The first-order valence-electron chi connectivity index (χ1n) is 6.92. The van der Waals surface area contributed by atoms with Crippen molar-refractivity contribution in [2.45, 2.75) is 44.8 Å². The fraction of sp³-hybridized carbons (Fsp3) is 0.533. The average molecular weight is 302 g/mol. The Morgan fingerprint density at radius 3 is 2.10 bits per heavy atom. The van der Waals surface area contributed by atoms with E-state index in [9.17, 15) is 18.0 Å². The second kappa shape index (κ2) is 6.93. The van der Waals surface area contributed by atoms with E-state index < -0.39 is 17.3 Å². The van der Waals surface area contributed by atoms with Crippen molar-refractivity contribution >= 4 is 5.91 Å². The maximum Gasteiger partial charge on any atom is 0.416 e. The normalized spacial score (nSPS) is 12.3. The van der Waals surface area contributed by atoms with E-state index in [2.05, 4.69) is 5.32 Å². The standard InChI is InChI=1S/C15H21F3N2O/c1-3-14(19,4-2)10-20-13(21)9-11-5-7-12(8-6-11)15(16,17)18/h5-8H,3-4,9-10,19H2,1-2H3,(H,20,21). The first-order chi connectivity index (χ1) is 9.70. The molecule has 3 N–H and O–H groups in total. The molecular weight excluding hydrogens is 281 g/mol. The summed E-state index contributed by atoms with van der Waals surface area (Å²) in [7, 11) is 0. The molecule has 21 heavy (non-hydrogen) atoms. The highest BCUT2D eigenvalue weighted by Crippen LogP contribution is 2.29. The summed E-state index contributed by atoms with van der Waals surface area (Å²) in [6.07, 6.45) is -2.84. The molecule has 0 fully saturated rings. The van der Waals surface area contributed by atoms with Gasteiger partial charge in [0, 0.05) is 12.1 Å². The summed E-state index contributed by atoms with van der Waals surface area (Å²) >= 11 is 0. The molecule has 0 aromatic heterocycles. The Hall–Kier alpha value is -1.56. The number of alkyl halides is 3. The number of carbonyl (C=O) groups is 1. The van der Waals surface area contributed by atoms with Gasteiger partial charge < -0.3 is 11.1 Å². The van der Waals surface area contributed by atoms with Gasteiger partial charge in [0.05, 0.1) is 12.0 Å². The smallest absolute Gasteiger partial charge is 0.354 e. The SMILES string of the molecule is CCC(N)(CC)CNC(=O)Cc1ccc(C(F)(F)F)cc1. The highest BCUT2D eigenvalue weighted by molar-refractivity contribution is 5.78. The lowest BCUT2D eigenvalue weighted by Gasteiger charge is -2.26. The maximum absolute atomic E-state index is 12.4. The fourth-order valence-electron chi connectivity index (χ4n) is 1.83. The number of amides is 1. The Bertz CT molecular complexity index is 465. The van der Waals surface area contributed by atoms with Crippen LogP contribution in [0.5, 0.6) is 0 Å². The Labute approximate surface area is 122 Å². The largest absolute Gasteiger partial charge is 0.416 e. The van der Waals surface area contributed by atoms with Crippen molar-refractivity contribution in [3.05, 3.63) is 35.4 Å². The molecule has 0 aliphatic carbocycles. The summed E-state index contributed by atoms with van der Waals surface area (Å²) in [5.41, 5.74) is 5.45. The van der Waals surface area contributed by atoms with Crippen LogP contribution in [0.4, 0.5) is 13.2 Å². The van der Waals surface area contributed by atoms with Gasteiger partial charge in [-0.15, -0.1) is 0 Å². The van der Waals surface area contributed by atoms with Crippen LogP contribution in [0.15, 0.2) is 24.3 Å². The van der Waals surface area contributed by atoms with Gasteiger partial charge in [0.25, 0.3) is 0 Å². The van der Waals surface area contributed by atoms with Gasteiger partial charge in [-0.05, 0) is 30.5 Å². The zero-order valence-corrected chi connectivity index (χ0v) is 12.3. The molecule has 118 valence electrons. The topological polar surface area (TPSA) is 55.1 Å². The first kappa shape index (κ1) is 17.5. The van der Waals surface area contributed by atoms with Gasteiger partial charge >= 0.3 is 6.18 Å². The molecule has 3 nitrogen and oxygen atoms in total. The third kappa shape index (κ3) is 5.38. The molecule has 0 aliphatic rings. The van der Waals surface area contributed by atoms with Crippen molar-refractivity contribution in [3.63, 3.8) is 0 Å². The van der Waals surface area contributed by atoms with Crippen LogP contribution in [-0.4, -0.2) is 18.0 Å². The second-order valence-corrected chi connectivity index (χ2v) is 5.22. The summed E-state index contributed by atoms with van der Waals surface area (Å²) in [5.74, 6) is -0.244. The molecule has 1 rings (SSSR count). The highest BCUT2D eigenvalue weighted by Gasteiger charge is 2.30. The molecular formula is C15H21F3N2O. The van der Waals surface area contributed by atoms with Gasteiger partial charge in [-0.3, -0.25) is 4.79 Å². The zero-order chi connectivity index (χ0) is 16.1. The lowest BCUT2D eigenvalue weighted by molar-refractivity contribution is -0.137. The van der Waals surface area contributed by atoms with E-state index in [1.54, 1.807) is 0 Å². The Morgan fingerprint density at radius 2 is 1.67 bits per heavy atom. The number of hydrogen-bond donors (Lipinski definition) is 2. The van der Waals surface area contributed by atoms with Gasteiger partial charge in [0.2, 0.25) is 5.91 Å². The summed E-state index contributed by atoms with van der Waals surface area (Å²) < 4.78 is 37.3. The molecule has 1 amide bonds. The number of nitrogens with one attached hydrogen (secondary N) is 1. The third-order valence-electron chi connectivity index (χ3n) is 3.69. The number of halogens is 3. The fourth-order valence-corrected chi connectivity index (χ4v) is 1.83. The van der Waals surface area contributed by atoms with Gasteiger partial charge in [0.1, 0.15) is 0 Å². The Balaban J connectivity index is 2.56. The summed E-state index contributed by atoms with van der Waals surface area (Å²) in [5, 5.41) is 2.73. The monoisotopic (exact) mass is 302 g/mol. The van der Waals surface area contributed by atoms with E-state index in [4.69, 9.17) is 5.73 Å². The molecule has 0 atom stereocenters. The quantitative estimate of drug-likeness (QED) is 0.849. The van der Waals surface area contributed by atoms with Crippen LogP contribution in [0.25, 0.3) is 0 Å². The van der Waals surface area contributed by atoms with Gasteiger partial charge in [0.15, 0.2) is 0 Å². The molecule has 0 heterocycles. The van der Waals surface area contributed by atoms with Crippen LogP contribution in [0.2, 0.25) is 0 Å². The summed E-state index contributed by atoms with van der Waals surface area (Å²) in [6, 6.07) is 4.59. The molecule has 0 saturated carbocycles. The van der Waals surface area contributed by atoms with Gasteiger partial charge in [-0.2, -0.15) is 13.2 Å². The predicted octanol–water partition coefficient (Wildman–Crippen LogP) is 2.88. The van der Waals surface area contributed by atoms with E-state index in [1.165, 1.54) is 12.1 Å². The molecule has 0 radical (unpaired) electrons. The summed E-state index contributed by atoms with van der Waals surface area (Å²) in [4.78, 5) is 11.8. The van der Waals surface area contributed by atoms with E-state index in [1.807, 2.05) is 13.8 Å². The summed E-state index contributed by atoms with van der Waals surface area (Å²) in [6.45, 7) is 4.26. The lowest BCUT2D eigenvalue weighted by atomic mass is 9.94. The van der Waals surface area contributed by atoms with E-state index >= 15 is 0 Å². The van der Waals surface area contributed by atoms with Crippen molar-refractivity contribution < 1.29 is 18.0 Å². The minimum Gasteiger partial charge on any atom is -0.354 e. The third-order valence-corrected chi connectivity index (χ3v) is 3.69. The van der Waals surface area contributed by atoms with Crippen molar-refractivity contribution in [2.75, 3.05) is 6.54 Å². The van der Waals surface area contributed by atoms with Gasteiger partial charge in [-0.25, -0.2) is 0 Å². The van der Waals surface area contributed by atoms with Crippen LogP contribution in [0.1, 0.15) is 37.8 Å². The highest BCUT2D eigenvalue weighted by atomic mass is 19.4. The molecule has 0 unspecified atom stereocenters. The first-order valence-corrected chi connectivity index (χ1v) is 6.92. The maximum atomic E-state index is 12.4. The zero-order valence-electron chi connectivity index (χ0n) is 12.3. The van der Waals surface area contributed by atoms with Crippen LogP contribution in [-0.2, 0) is 17.4 Å². The molecule has 1 aromatic carbocycles. The number of benzene rings is 1. The van der Waals surface area contributed by atoms with Crippen molar-refractivity contribution in [1.82, 2.24) is 5.32 Å². The van der Waals surface area contributed by atoms with Crippen LogP contribution >= 0.6 is 0 Å². The van der Waals surface area contributed by atoms with Crippen molar-refractivity contribution in [3.8, 4) is 0 Å². The second-order valence-electron chi connectivity index (χ2n) is 5.22. The Morgan fingerprint density at radius 1 is 1.14 bits per heavy atom. The Kier molecular flexibility index (Phi) is 5.78. The lowest BCUT2D eigenvalue weighted by Crippen LogP contribution is -2.49. The number of nitrogens with two attached hydrogens (primary N) is 1. The number of carbonyl (C=O) groups excluding carboxylic acids is 1. The molecule has 0 aliphatic heterocycles. The van der Waals surface area contributed by atoms with Crippen LogP contribution in [0, 0.1) is 0 Å². The molecule has 0 spiro atoms. The van der Waals surface area contributed by atoms with Gasteiger partial charge in [-0.1, -0.05) is 26.0 Å². The molecule has 6 heteroatoms. The van der Waals surface area contributed by atoms with Crippen LogP contribution < -0.4 is 11.1 Å². The molecule has 0 bridgehead atoms. The minimum atomic E-state index is -4.36. The van der Waals surface area contributed by atoms with Crippen molar-refractivity contribution in [2.24, 2.45) is 5.73 Å². The van der Waals surface area contributed by atoms with E-state index in [-0.39, 0.29) is 12.3 Å². The average Bonchev–Trinajstić information content (AvgIpc) is 2.44. The number of hydrogen-bond acceptors (Lipinski definition) is 2. The van der Waals surface area contributed by atoms with Crippen molar-refractivity contribution in [1.29, 1.82) is 0 Å². The minimum absolute atomic E-state index is 0.0433.